The molecule has 8 heteroatoms. The van der Waals surface area contributed by atoms with Crippen molar-refractivity contribution in [2.24, 2.45) is 5.92 Å². The Hall–Kier alpha value is -0.530. The molecular weight excluding hydrogens is 327 g/mol. The zero-order valence-electron chi connectivity index (χ0n) is 13.4. The van der Waals surface area contributed by atoms with Gasteiger partial charge in [-0.2, -0.15) is 22.0 Å². The van der Waals surface area contributed by atoms with E-state index in [1.165, 1.54) is 0 Å². The van der Waals surface area contributed by atoms with Crippen LogP contribution in [0.4, 0.5) is 22.0 Å². The molecule has 0 rings (SSSR count). The third kappa shape index (κ3) is 7.65. The molecule has 0 aliphatic rings. The molecule has 0 radical (unpaired) electrons. The third-order valence-electron chi connectivity index (χ3n) is 2.59. The van der Waals surface area contributed by atoms with E-state index in [1.54, 1.807) is 34.6 Å². The van der Waals surface area contributed by atoms with Gasteiger partial charge in [-0.1, -0.05) is 13.8 Å². The minimum absolute atomic E-state index is 0.0355. The zero-order chi connectivity index (χ0) is 17.8. The first-order valence-corrected chi connectivity index (χ1v) is 8.01. The molecule has 1 unspecified atom stereocenters. The third-order valence-corrected chi connectivity index (χ3v) is 4.21. The Bertz CT molecular complexity index is 361. The molecule has 1 atom stereocenters. The van der Waals surface area contributed by atoms with E-state index < -0.39 is 35.3 Å². The average molecular weight is 350 g/mol. The Kier molecular flexibility index (Phi) is 7.65. The molecule has 0 bridgehead atoms. The summed E-state index contributed by atoms with van der Waals surface area (Å²) in [6.07, 6.45) is -7.13. The second kappa shape index (κ2) is 7.84. The molecule has 0 N–H and O–H groups in total. The monoisotopic (exact) mass is 350 g/mol. The molecule has 0 aromatic carbocycles. The molecule has 0 aliphatic heterocycles. The lowest BCUT2D eigenvalue weighted by Crippen LogP contribution is -2.36. The van der Waals surface area contributed by atoms with Gasteiger partial charge >= 0.3 is 18.1 Å². The molecule has 0 aliphatic carbocycles. The van der Waals surface area contributed by atoms with Gasteiger partial charge in [0.1, 0.15) is 10.9 Å². The van der Waals surface area contributed by atoms with Crippen molar-refractivity contribution in [3.8, 4) is 0 Å². The maximum absolute atomic E-state index is 12.8. The van der Waals surface area contributed by atoms with Crippen LogP contribution in [-0.4, -0.2) is 34.7 Å². The number of hydrogen-bond acceptors (Lipinski definition) is 3. The van der Waals surface area contributed by atoms with Crippen LogP contribution in [0, 0.1) is 5.92 Å². The fourth-order valence-electron chi connectivity index (χ4n) is 1.54. The summed E-state index contributed by atoms with van der Waals surface area (Å²) in [6.45, 7) is 8.66. The Balaban J connectivity index is 4.43. The second-order valence-electron chi connectivity index (χ2n) is 6.37. The molecule has 0 aromatic heterocycles. The van der Waals surface area contributed by atoms with E-state index >= 15 is 0 Å². The van der Waals surface area contributed by atoms with E-state index in [2.05, 4.69) is 0 Å². The SMILES string of the molecule is CC(C)C(SCCCC(F)(F)C(F)(F)F)C(=O)OC(C)(C)C. The highest BCUT2D eigenvalue weighted by molar-refractivity contribution is 8.00. The van der Waals surface area contributed by atoms with E-state index in [0.29, 0.717) is 0 Å². The minimum Gasteiger partial charge on any atom is -0.459 e. The number of carbonyl (C=O) groups excluding carboxylic acids is 1. The van der Waals surface area contributed by atoms with E-state index in [1.807, 2.05) is 0 Å². The van der Waals surface area contributed by atoms with Crippen LogP contribution in [-0.2, 0) is 9.53 Å². The van der Waals surface area contributed by atoms with Gasteiger partial charge in [-0.15, -0.1) is 11.8 Å². The van der Waals surface area contributed by atoms with Crippen LogP contribution in [0.5, 0.6) is 0 Å². The van der Waals surface area contributed by atoms with Gasteiger partial charge in [0.25, 0.3) is 0 Å². The number of carbonyl (C=O) groups is 1. The summed E-state index contributed by atoms with van der Waals surface area (Å²) < 4.78 is 66.9. The van der Waals surface area contributed by atoms with Crippen LogP contribution in [0.1, 0.15) is 47.5 Å². The largest absolute Gasteiger partial charge is 0.459 e. The van der Waals surface area contributed by atoms with Crippen molar-refractivity contribution >= 4 is 17.7 Å². The van der Waals surface area contributed by atoms with E-state index in [-0.39, 0.29) is 18.1 Å². The van der Waals surface area contributed by atoms with Crippen molar-refractivity contribution in [3.05, 3.63) is 0 Å². The number of thioether (sulfide) groups is 1. The summed E-state index contributed by atoms with van der Waals surface area (Å²) in [5.74, 6) is -5.24. The van der Waals surface area contributed by atoms with E-state index in [4.69, 9.17) is 4.74 Å². The van der Waals surface area contributed by atoms with Crippen molar-refractivity contribution in [2.75, 3.05) is 5.75 Å². The fraction of sp³-hybridized carbons (Fsp3) is 0.929. The van der Waals surface area contributed by atoms with E-state index in [0.717, 1.165) is 11.8 Å². The first-order chi connectivity index (χ1) is 9.67. The Morgan fingerprint density at radius 3 is 1.95 bits per heavy atom. The smallest absolute Gasteiger partial charge is 0.453 e. The summed E-state index contributed by atoms with van der Waals surface area (Å²) in [6, 6.07) is 0. The number of hydrogen-bond donors (Lipinski definition) is 0. The summed E-state index contributed by atoms with van der Waals surface area (Å²) in [7, 11) is 0. The predicted octanol–water partition coefficient (Wildman–Crippen LogP) is 5.06. The Morgan fingerprint density at radius 1 is 1.09 bits per heavy atom. The predicted molar refractivity (Wildman–Crippen MR) is 77.2 cm³/mol. The van der Waals surface area contributed by atoms with Crippen LogP contribution in [0.15, 0.2) is 0 Å². The Morgan fingerprint density at radius 2 is 1.59 bits per heavy atom. The maximum Gasteiger partial charge on any atom is 0.453 e. The van der Waals surface area contributed by atoms with Crippen LogP contribution < -0.4 is 0 Å². The fourth-order valence-corrected chi connectivity index (χ4v) is 2.67. The average Bonchev–Trinajstić information content (AvgIpc) is 2.23. The lowest BCUT2D eigenvalue weighted by Gasteiger charge is -2.26. The van der Waals surface area contributed by atoms with Crippen LogP contribution in [0.3, 0.4) is 0 Å². The van der Waals surface area contributed by atoms with Crippen molar-refractivity contribution in [1.82, 2.24) is 0 Å². The molecule has 0 fully saturated rings. The van der Waals surface area contributed by atoms with Crippen molar-refractivity contribution in [2.45, 2.75) is 70.4 Å². The molecule has 0 amide bonds. The van der Waals surface area contributed by atoms with Gasteiger partial charge in [0.05, 0.1) is 0 Å². The molecular formula is C14H23F5O2S. The van der Waals surface area contributed by atoms with Crippen molar-refractivity contribution in [3.63, 3.8) is 0 Å². The quantitative estimate of drug-likeness (QED) is 0.364. The van der Waals surface area contributed by atoms with Gasteiger partial charge in [0.15, 0.2) is 0 Å². The molecule has 0 heterocycles. The van der Waals surface area contributed by atoms with Gasteiger partial charge < -0.3 is 4.74 Å². The zero-order valence-corrected chi connectivity index (χ0v) is 14.2. The van der Waals surface area contributed by atoms with Crippen LogP contribution in [0.2, 0.25) is 0 Å². The minimum atomic E-state index is -5.53. The summed E-state index contributed by atoms with van der Waals surface area (Å²) >= 11 is 1.05. The summed E-state index contributed by atoms with van der Waals surface area (Å²) in [4.78, 5) is 12.0. The molecule has 0 aromatic rings. The van der Waals surface area contributed by atoms with Gasteiger partial charge in [-0.25, -0.2) is 0 Å². The highest BCUT2D eigenvalue weighted by atomic mass is 32.2. The number of esters is 1. The highest BCUT2D eigenvalue weighted by Crippen LogP contribution is 2.39. The topological polar surface area (TPSA) is 26.3 Å². The summed E-state index contributed by atoms with van der Waals surface area (Å²) in [5.41, 5.74) is -0.673. The van der Waals surface area contributed by atoms with Crippen LogP contribution >= 0.6 is 11.8 Å². The normalized spacial score (nSPS) is 15.0. The van der Waals surface area contributed by atoms with Gasteiger partial charge in [-0.05, 0) is 38.9 Å². The van der Waals surface area contributed by atoms with E-state index in [9.17, 15) is 26.7 Å². The van der Waals surface area contributed by atoms with Gasteiger partial charge in [0.2, 0.25) is 0 Å². The molecule has 2 nitrogen and oxygen atoms in total. The molecule has 0 saturated carbocycles. The molecule has 22 heavy (non-hydrogen) atoms. The molecule has 0 spiro atoms. The first kappa shape index (κ1) is 21.5. The van der Waals surface area contributed by atoms with Crippen LogP contribution in [0.25, 0.3) is 0 Å². The Labute approximate surface area is 132 Å². The lowest BCUT2D eigenvalue weighted by atomic mass is 10.1. The number of rotatable bonds is 7. The molecule has 132 valence electrons. The van der Waals surface area contributed by atoms with Crippen molar-refractivity contribution < 1.29 is 31.5 Å². The standard InChI is InChI=1S/C14H23F5O2S/c1-9(2)10(11(20)21-12(3,4)5)22-8-6-7-13(15,16)14(17,18)19/h9-10H,6-8H2,1-5H3. The van der Waals surface area contributed by atoms with Gasteiger partial charge in [0, 0.05) is 6.42 Å². The molecule has 0 saturated heterocycles. The van der Waals surface area contributed by atoms with Crippen molar-refractivity contribution in [1.29, 1.82) is 0 Å². The lowest BCUT2D eigenvalue weighted by molar-refractivity contribution is -0.284. The number of halogens is 5. The second-order valence-corrected chi connectivity index (χ2v) is 7.62. The number of alkyl halides is 5. The first-order valence-electron chi connectivity index (χ1n) is 6.96. The number of ether oxygens (including phenoxy) is 1. The van der Waals surface area contributed by atoms with Gasteiger partial charge in [-0.3, -0.25) is 4.79 Å². The maximum atomic E-state index is 12.8. The highest BCUT2D eigenvalue weighted by Gasteiger charge is 2.56. The summed E-state index contributed by atoms with van der Waals surface area (Å²) in [5, 5.41) is -0.585.